The summed E-state index contributed by atoms with van der Waals surface area (Å²) in [7, 11) is 4.79. The number of methoxy groups -OCH3 is 2. The fourth-order valence-corrected chi connectivity index (χ4v) is 6.54. The van der Waals surface area contributed by atoms with Crippen LogP contribution in [0, 0.1) is 5.41 Å². The second-order valence-electron chi connectivity index (χ2n) is 8.50. The van der Waals surface area contributed by atoms with Crippen LogP contribution < -0.4 is 9.47 Å². The van der Waals surface area contributed by atoms with E-state index in [0.717, 1.165) is 19.4 Å². The van der Waals surface area contributed by atoms with Crippen molar-refractivity contribution >= 4 is 15.9 Å². The standard InChI is InChI=1S/C21H33N3O5S/c1-22(2)20(25)19-21(9-6-12-23(19)3)10-13-24(14-11-21)30(26,27)18-15-16(28-4)7-8-17(18)29-5/h7-8,15,19H,6,9-14H2,1-5H3. The molecule has 1 unspecified atom stereocenters. The lowest BCUT2D eigenvalue weighted by atomic mass is 9.67. The zero-order valence-corrected chi connectivity index (χ0v) is 19.4. The summed E-state index contributed by atoms with van der Waals surface area (Å²) >= 11 is 0. The molecule has 9 heteroatoms. The maximum absolute atomic E-state index is 13.4. The first-order chi connectivity index (χ1) is 14.2. The van der Waals surface area contributed by atoms with Crippen molar-refractivity contribution in [3.05, 3.63) is 18.2 Å². The number of benzene rings is 1. The van der Waals surface area contributed by atoms with Gasteiger partial charge in [0.2, 0.25) is 15.9 Å². The predicted molar refractivity (Wildman–Crippen MR) is 114 cm³/mol. The van der Waals surface area contributed by atoms with E-state index in [1.807, 2.05) is 7.05 Å². The molecule has 2 aliphatic heterocycles. The van der Waals surface area contributed by atoms with Gasteiger partial charge in [0.1, 0.15) is 16.4 Å². The van der Waals surface area contributed by atoms with Crippen molar-refractivity contribution < 1.29 is 22.7 Å². The van der Waals surface area contributed by atoms with Crippen LogP contribution in [0.5, 0.6) is 11.5 Å². The van der Waals surface area contributed by atoms with Crippen molar-refractivity contribution in [3.8, 4) is 11.5 Å². The molecule has 0 N–H and O–H groups in total. The van der Waals surface area contributed by atoms with E-state index in [4.69, 9.17) is 9.47 Å². The topological polar surface area (TPSA) is 79.4 Å². The van der Waals surface area contributed by atoms with Crippen molar-refractivity contribution in [2.24, 2.45) is 5.41 Å². The highest BCUT2D eigenvalue weighted by atomic mass is 32.2. The summed E-state index contributed by atoms with van der Waals surface area (Å²) in [4.78, 5) is 16.9. The van der Waals surface area contributed by atoms with Gasteiger partial charge in [-0.05, 0) is 56.8 Å². The van der Waals surface area contributed by atoms with Crippen LogP contribution in [0.2, 0.25) is 0 Å². The predicted octanol–water partition coefficient (Wildman–Crippen LogP) is 1.66. The molecule has 0 aromatic heterocycles. The minimum atomic E-state index is -3.74. The van der Waals surface area contributed by atoms with Gasteiger partial charge in [0, 0.05) is 33.3 Å². The lowest BCUT2D eigenvalue weighted by Crippen LogP contribution is -2.61. The first kappa shape index (κ1) is 22.8. The fraction of sp³-hybridized carbons (Fsp3) is 0.667. The van der Waals surface area contributed by atoms with Gasteiger partial charge >= 0.3 is 0 Å². The SMILES string of the molecule is COc1ccc(OC)c(S(=O)(=O)N2CCC3(CCCN(C)C3C(=O)N(C)C)CC2)c1. The lowest BCUT2D eigenvalue weighted by Gasteiger charge is -2.52. The molecule has 0 radical (unpaired) electrons. The average molecular weight is 440 g/mol. The normalized spacial score (nSPS) is 22.6. The molecule has 1 aromatic carbocycles. The van der Waals surface area contributed by atoms with Crippen LogP contribution in [0.4, 0.5) is 0 Å². The third kappa shape index (κ3) is 4.02. The number of piperidine rings is 2. The number of rotatable bonds is 5. The van der Waals surface area contributed by atoms with Crippen LogP contribution in [-0.4, -0.2) is 89.5 Å². The lowest BCUT2D eigenvalue weighted by molar-refractivity contribution is -0.143. The Kier molecular flexibility index (Phi) is 6.64. The molecule has 0 saturated carbocycles. The molecule has 8 nitrogen and oxygen atoms in total. The van der Waals surface area contributed by atoms with E-state index in [1.54, 1.807) is 31.1 Å². The summed E-state index contributed by atoms with van der Waals surface area (Å²) in [5.41, 5.74) is -0.196. The van der Waals surface area contributed by atoms with Gasteiger partial charge < -0.3 is 14.4 Å². The van der Waals surface area contributed by atoms with Gasteiger partial charge in [0.25, 0.3) is 0 Å². The number of carbonyl (C=O) groups excluding carboxylic acids is 1. The molecular formula is C21H33N3O5S. The molecule has 3 rings (SSSR count). The quantitative estimate of drug-likeness (QED) is 0.694. The summed E-state index contributed by atoms with van der Waals surface area (Å²) in [6, 6.07) is 4.58. The first-order valence-corrected chi connectivity index (χ1v) is 11.7. The number of amides is 1. The summed E-state index contributed by atoms with van der Waals surface area (Å²) < 4.78 is 38.8. The minimum Gasteiger partial charge on any atom is -0.497 e. The average Bonchev–Trinajstić information content (AvgIpc) is 2.73. The van der Waals surface area contributed by atoms with Gasteiger partial charge in [0.05, 0.1) is 20.3 Å². The molecule has 2 fully saturated rings. The van der Waals surface area contributed by atoms with Crippen LogP contribution in [0.3, 0.4) is 0 Å². The number of carbonyl (C=O) groups is 1. The van der Waals surface area contributed by atoms with Crippen molar-refractivity contribution in [2.45, 2.75) is 36.6 Å². The van der Waals surface area contributed by atoms with Crippen LogP contribution in [-0.2, 0) is 14.8 Å². The zero-order valence-electron chi connectivity index (χ0n) is 18.6. The second kappa shape index (κ2) is 8.72. The molecule has 2 aliphatic rings. The Morgan fingerprint density at radius 1 is 1.10 bits per heavy atom. The number of hydrogen-bond acceptors (Lipinski definition) is 6. The Morgan fingerprint density at radius 2 is 1.77 bits per heavy atom. The molecular weight excluding hydrogens is 406 g/mol. The fourth-order valence-electron chi connectivity index (χ4n) is 4.93. The molecule has 2 heterocycles. The van der Waals surface area contributed by atoms with Gasteiger partial charge in [-0.25, -0.2) is 8.42 Å². The summed E-state index contributed by atoms with van der Waals surface area (Å²) in [5.74, 6) is 0.866. The van der Waals surface area contributed by atoms with Crippen molar-refractivity contribution in [1.82, 2.24) is 14.1 Å². The summed E-state index contributed by atoms with van der Waals surface area (Å²) in [5, 5.41) is 0. The van der Waals surface area contributed by atoms with E-state index in [-0.39, 0.29) is 22.3 Å². The minimum absolute atomic E-state index is 0.1000. The van der Waals surface area contributed by atoms with Crippen LogP contribution >= 0.6 is 0 Å². The highest BCUT2D eigenvalue weighted by molar-refractivity contribution is 7.89. The second-order valence-corrected chi connectivity index (χ2v) is 10.4. The van der Waals surface area contributed by atoms with Crippen LogP contribution in [0.25, 0.3) is 0 Å². The van der Waals surface area contributed by atoms with Gasteiger partial charge in [-0.1, -0.05) is 0 Å². The number of nitrogens with zero attached hydrogens (tertiary/aromatic N) is 3. The molecule has 0 bridgehead atoms. The molecule has 0 aliphatic carbocycles. The maximum atomic E-state index is 13.4. The van der Waals surface area contributed by atoms with Crippen molar-refractivity contribution in [1.29, 1.82) is 0 Å². The molecule has 30 heavy (non-hydrogen) atoms. The third-order valence-corrected chi connectivity index (χ3v) is 8.51. The monoisotopic (exact) mass is 439 g/mol. The van der Waals surface area contributed by atoms with E-state index in [0.29, 0.717) is 37.4 Å². The molecule has 1 atom stereocenters. The number of sulfonamides is 1. The molecule has 2 saturated heterocycles. The van der Waals surface area contributed by atoms with Crippen molar-refractivity contribution in [3.63, 3.8) is 0 Å². The maximum Gasteiger partial charge on any atom is 0.246 e. The number of likely N-dealkylation sites (tertiary alicyclic amines) is 1. The number of hydrogen-bond donors (Lipinski definition) is 0. The highest BCUT2D eigenvalue weighted by Crippen LogP contribution is 2.46. The van der Waals surface area contributed by atoms with E-state index in [1.165, 1.54) is 24.6 Å². The Bertz CT molecular complexity index is 879. The Morgan fingerprint density at radius 3 is 2.33 bits per heavy atom. The first-order valence-electron chi connectivity index (χ1n) is 10.3. The number of ether oxygens (including phenoxy) is 2. The molecule has 168 valence electrons. The van der Waals surface area contributed by atoms with E-state index >= 15 is 0 Å². The van der Waals surface area contributed by atoms with E-state index in [2.05, 4.69) is 4.90 Å². The van der Waals surface area contributed by atoms with E-state index in [9.17, 15) is 13.2 Å². The van der Waals surface area contributed by atoms with Gasteiger partial charge in [-0.2, -0.15) is 4.31 Å². The van der Waals surface area contributed by atoms with Crippen LogP contribution in [0.1, 0.15) is 25.7 Å². The summed E-state index contributed by atoms with van der Waals surface area (Å²) in [6.07, 6.45) is 3.28. The largest absolute Gasteiger partial charge is 0.497 e. The molecule has 1 amide bonds. The highest BCUT2D eigenvalue weighted by Gasteiger charge is 2.50. The Balaban J connectivity index is 1.86. The van der Waals surface area contributed by atoms with Crippen LogP contribution in [0.15, 0.2) is 23.1 Å². The van der Waals surface area contributed by atoms with Crippen molar-refractivity contribution in [2.75, 3.05) is 55.0 Å². The number of likely N-dealkylation sites (N-methyl/N-ethyl adjacent to an activating group) is 2. The van der Waals surface area contributed by atoms with Gasteiger partial charge in [-0.3, -0.25) is 9.69 Å². The van der Waals surface area contributed by atoms with Gasteiger partial charge in [-0.15, -0.1) is 0 Å². The Labute approximate surface area is 179 Å². The summed E-state index contributed by atoms with van der Waals surface area (Å²) in [6.45, 7) is 1.65. The molecule has 1 spiro atoms. The Hall–Kier alpha value is -1.84. The molecule has 1 aromatic rings. The third-order valence-electron chi connectivity index (χ3n) is 6.59. The van der Waals surface area contributed by atoms with E-state index < -0.39 is 10.0 Å². The van der Waals surface area contributed by atoms with Gasteiger partial charge in [0.15, 0.2) is 0 Å². The zero-order chi connectivity index (χ0) is 22.1. The smallest absolute Gasteiger partial charge is 0.246 e.